The van der Waals surface area contributed by atoms with Crippen molar-refractivity contribution in [2.75, 3.05) is 5.75 Å². The average molecular weight is 567 g/mol. The molecule has 0 atom stereocenters. The fourth-order valence-electron chi connectivity index (χ4n) is 4.35. The van der Waals surface area contributed by atoms with Crippen molar-refractivity contribution in [3.63, 3.8) is 0 Å². The van der Waals surface area contributed by atoms with E-state index in [2.05, 4.69) is 15.3 Å². The zero-order valence-corrected chi connectivity index (χ0v) is 21.7. The molecule has 10 nitrogen and oxygen atoms in total. The molecule has 2 aromatic carbocycles. The maximum Gasteiger partial charge on any atom is 0.360 e. The minimum atomic E-state index is -4.10. The van der Waals surface area contributed by atoms with E-state index in [0.29, 0.717) is 17.5 Å². The van der Waals surface area contributed by atoms with E-state index >= 15 is 8.78 Å². The van der Waals surface area contributed by atoms with E-state index < -0.39 is 44.4 Å². The van der Waals surface area contributed by atoms with Crippen LogP contribution in [-0.4, -0.2) is 46.2 Å². The lowest BCUT2D eigenvalue weighted by molar-refractivity contribution is -0.116. The molecule has 40 heavy (non-hydrogen) atoms. The van der Waals surface area contributed by atoms with Crippen molar-refractivity contribution in [3.05, 3.63) is 99.4 Å². The topological polar surface area (TPSA) is 145 Å². The Kier molecular flexibility index (Phi) is 6.62. The van der Waals surface area contributed by atoms with E-state index in [1.807, 2.05) is 0 Å². The predicted molar refractivity (Wildman–Crippen MR) is 138 cm³/mol. The van der Waals surface area contributed by atoms with Gasteiger partial charge in [0.05, 0.1) is 22.0 Å². The number of carbonyl (C=O) groups excluding carboxylic acids is 3. The van der Waals surface area contributed by atoms with Crippen molar-refractivity contribution in [2.45, 2.75) is 30.8 Å². The molecule has 1 N–H and O–H groups in total. The smallest absolute Gasteiger partial charge is 0.347 e. The minimum Gasteiger partial charge on any atom is -0.347 e. The number of benzene rings is 2. The number of sulfone groups is 1. The number of pyridine rings is 1. The Balaban J connectivity index is 1.45. The molecule has 2 aromatic heterocycles. The number of halogens is 2. The molecule has 0 saturated heterocycles. The van der Waals surface area contributed by atoms with Crippen molar-refractivity contribution in [3.8, 4) is 0 Å². The molecule has 0 radical (unpaired) electrons. The van der Waals surface area contributed by atoms with E-state index in [1.165, 1.54) is 6.92 Å². The number of ketones is 2. The van der Waals surface area contributed by atoms with Crippen LogP contribution in [0.2, 0.25) is 0 Å². The highest BCUT2D eigenvalue weighted by molar-refractivity contribution is 7.92. The van der Waals surface area contributed by atoms with Crippen molar-refractivity contribution in [1.82, 2.24) is 19.9 Å². The van der Waals surface area contributed by atoms with Crippen LogP contribution in [0.15, 0.2) is 70.7 Å². The molecule has 0 spiro atoms. The molecule has 1 amide bonds. The maximum absolute atomic E-state index is 15.6. The van der Waals surface area contributed by atoms with Crippen LogP contribution in [0.25, 0.3) is 10.9 Å². The van der Waals surface area contributed by atoms with Gasteiger partial charge in [-0.25, -0.2) is 23.0 Å². The van der Waals surface area contributed by atoms with Gasteiger partial charge in [0.15, 0.2) is 21.4 Å². The molecular weight excluding hydrogens is 546 g/mol. The van der Waals surface area contributed by atoms with E-state index in [9.17, 15) is 27.6 Å². The second-order valence-electron chi connectivity index (χ2n) is 9.28. The molecule has 5 rings (SSSR count). The number of fused-ring (bicyclic) bond motifs is 2. The van der Waals surface area contributed by atoms with Gasteiger partial charge < -0.3 is 5.32 Å². The number of Topliss-reactive ketones (excluding diaryl/α,β-unsaturated/α-hetero) is 2. The number of rotatable bonds is 6. The maximum atomic E-state index is 15.6. The van der Waals surface area contributed by atoms with Crippen molar-refractivity contribution < 1.29 is 31.6 Å². The van der Waals surface area contributed by atoms with Crippen LogP contribution in [0, 0.1) is 0 Å². The largest absolute Gasteiger partial charge is 0.360 e. The lowest BCUT2D eigenvalue weighted by Gasteiger charge is -2.22. The third kappa shape index (κ3) is 4.91. The first kappa shape index (κ1) is 26.9. The first-order chi connectivity index (χ1) is 18.9. The van der Waals surface area contributed by atoms with E-state index in [0.717, 1.165) is 30.5 Å². The first-order valence-corrected chi connectivity index (χ1v) is 13.5. The summed E-state index contributed by atoms with van der Waals surface area (Å²) in [5, 5.41) is 2.31. The van der Waals surface area contributed by atoms with E-state index in [4.69, 9.17) is 0 Å². The van der Waals surface area contributed by atoms with Crippen LogP contribution >= 0.6 is 0 Å². The standard InChI is InChI=1S/C27H20F2N4O6S/c1-15(34)17-4-2-16(3-5-17)11-31-25(36)22-10-21-23(12-30-22)32-14-33(26(21)37)27(28,29)19-7-6-18-8-20(35)13-40(38,39)24(18)9-19/h2-7,9-10,12,14H,8,11,13H2,1H3,(H,31,36). The van der Waals surface area contributed by atoms with Gasteiger partial charge in [-0.15, -0.1) is 0 Å². The summed E-state index contributed by atoms with van der Waals surface area (Å²) in [5.41, 5.74) is -0.885. The van der Waals surface area contributed by atoms with E-state index in [-0.39, 0.29) is 50.4 Å². The van der Waals surface area contributed by atoms with Crippen LogP contribution in [0.5, 0.6) is 0 Å². The number of hydrogen-bond donors (Lipinski definition) is 1. The first-order valence-electron chi connectivity index (χ1n) is 11.9. The molecule has 0 unspecified atom stereocenters. The van der Waals surface area contributed by atoms with Gasteiger partial charge in [-0.3, -0.25) is 19.2 Å². The molecule has 4 aromatic rings. The van der Waals surface area contributed by atoms with E-state index in [1.54, 1.807) is 24.3 Å². The number of nitrogens with one attached hydrogen (secondary N) is 1. The molecular formula is C27H20F2N4O6S. The van der Waals surface area contributed by atoms with Gasteiger partial charge in [-0.1, -0.05) is 36.4 Å². The zero-order chi connectivity index (χ0) is 28.8. The van der Waals surface area contributed by atoms with Crippen molar-refractivity contribution >= 4 is 38.2 Å². The highest BCUT2D eigenvalue weighted by atomic mass is 32.2. The summed E-state index contributed by atoms with van der Waals surface area (Å²) in [7, 11) is -4.10. The Bertz CT molecular complexity index is 1890. The number of hydrogen-bond acceptors (Lipinski definition) is 8. The molecule has 0 aliphatic carbocycles. The number of aromatic nitrogens is 3. The van der Waals surface area contributed by atoms with Gasteiger partial charge in [-0.2, -0.15) is 8.78 Å². The molecule has 0 fully saturated rings. The summed E-state index contributed by atoms with van der Waals surface area (Å²) >= 11 is 0. The van der Waals surface area contributed by atoms with Crippen LogP contribution in [0.1, 0.15) is 44.5 Å². The predicted octanol–water partition coefficient (Wildman–Crippen LogP) is 2.42. The summed E-state index contributed by atoms with van der Waals surface area (Å²) < 4.78 is 56.0. The fraction of sp³-hybridized carbons (Fsp3) is 0.185. The summed E-state index contributed by atoms with van der Waals surface area (Å²) in [6.07, 6.45) is 1.53. The summed E-state index contributed by atoms with van der Waals surface area (Å²) in [6, 6.07) is 6.45. The number of alkyl halides is 2. The van der Waals surface area contributed by atoms with Gasteiger partial charge in [0, 0.05) is 24.1 Å². The van der Waals surface area contributed by atoms with Gasteiger partial charge >= 0.3 is 6.05 Å². The second-order valence-corrected chi connectivity index (χ2v) is 11.2. The minimum absolute atomic E-state index is 0.0278. The molecule has 1 aliphatic rings. The third-order valence-electron chi connectivity index (χ3n) is 6.48. The second kappa shape index (κ2) is 9.83. The molecule has 0 saturated carbocycles. The van der Waals surface area contributed by atoms with Gasteiger partial charge in [-0.05, 0) is 30.2 Å². The van der Waals surface area contributed by atoms with Gasteiger partial charge in [0.1, 0.15) is 17.8 Å². The average Bonchev–Trinajstić information content (AvgIpc) is 2.91. The Morgan fingerprint density at radius 1 is 1.05 bits per heavy atom. The quantitative estimate of drug-likeness (QED) is 0.350. The Morgan fingerprint density at radius 2 is 1.77 bits per heavy atom. The van der Waals surface area contributed by atoms with Crippen LogP contribution in [-0.2, 0) is 33.6 Å². The lowest BCUT2D eigenvalue weighted by Crippen LogP contribution is -2.36. The van der Waals surface area contributed by atoms with Crippen molar-refractivity contribution in [1.29, 1.82) is 0 Å². The van der Waals surface area contributed by atoms with Crippen LogP contribution in [0.4, 0.5) is 8.78 Å². The normalized spacial score (nSPS) is 14.5. The monoisotopic (exact) mass is 566 g/mol. The zero-order valence-electron chi connectivity index (χ0n) is 20.9. The summed E-state index contributed by atoms with van der Waals surface area (Å²) in [4.78, 5) is 56.4. The van der Waals surface area contributed by atoms with Gasteiger partial charge in [0.2, 0.25) is 0 Å². The Labute approximate surface area is 225 Å². The highest BCUT2D eigenvalue weighted by Crippen LogP contribution is 2.33. The molecule has 3 heterocycles. The third-order valence-corrected chi connectivity index (χ3v) is 8.23. The van der Waals surface area contributed by atoms with Crippen molar-refractivity contribution in [2.24, 2.45) is 0 Å². The summed E-state index contributed by atoms with van der Waals surface area (Å²) in [5.74, 6) is -2.10. The highest BCUT2D eigenvalue weighted by Gasteiger charge is 2.38. The van der Waals surface area contributed by atoms with Crippen LogP contribution in [0.3, 0.4) is 0 Å². The fourth-order valence-corrected chi connectivity index (χ4v) is 5.88. The SMILES string of the molecule is CC(=O)c1ccc(CNC(=O)c2cc3c(=O)n(C(F)(F)c4ccc5c(c4)S(=O)(=O)CC(=O)C5)cnc3cn2)cc1. The van der Waals surface area contributed by atoms with Gasteiger partial charge in [0.25, 0.3) is 11.5 Å². The number of carbonyl (C=O) groups is 3. The lowest BCUT2D eigenvalue weighted by atomic mass is 10.1. The molecule has 0 bridgehead atoms. The Hall–Kier alpha value is -4.65. The number of amides is 1. The van der Waals surface area contributed by atoms with Crippen LogP contribution < -0.4 is 10.9 Å². The molecule has 1 aliphatic heterocycles. The molecule has 13 heteroatoms. The molecule has 204 valence electrons. The summed E-state index contributed by atoms with van der Waals surface area (Å²) in [6.45, 7) is 1.51. The Morgan fingerprint density at radius 3 is 2.48 bits per heavy atom. The number of nitrogens with zero attached hydrogens (tertiary/aromatic N) is 3.